The van der Waals surface area contributed by atoms with Gasteiger partial charge in [-0.15, -0.1) is 0 Å². The van der Waals surface area contributed by atoms with E-state index in [2.05, 4.69) is 72.3 Å². The molecule has 11 heteroatoms. The number of nitrogens with zero attached hydrogens (tertiary/aromatic N) is 7. The van der Waals surface area contributed by atoms with Crippen LogP contribution in [0.3, 0.4) is 0 Å². The Balaban J connectivity index is 0.000000848. The number of nitrogens with one attached hydrogen (secondary N) is 1. The SMILES string of the molecule is ClOCl.Cn1cc(-c2cc(-c3ccc(N4CCCC5(CCCN5)C4)nc3)c3c(C#N)cnn3c2)cn1. The number of pyridine rings is 2. The number of piperidine rings is 1. The van der Waals surface area contributed by atoms with E-state index < -0.39 is 0 Å². The molecule has 4 aromatic heterocycles. The average Bonchev–Trinajstić information content (AvgIpc) is 3.64. The van der Waals surface area contributed by atoms with E-state index in [4.69, 9.17) is 4.98 Å². The standard InChI is InChI=1S/C25H26N8.Cl2O/c1-31-15-21(14-29-31)19-10-22(24-20(11-26)13-30-33(24)16-19)18-4-5-23(27-12-18)32-9-3-7-25(17-32)6-2-8-28-25;1-3-2/h4-5,10,12-16,28H,2-3,6-9,17H2,1H3;. The zero-order valence-corrected chi connectivity index (χ0v) is 21.4. The molecular weight excluding hydrogens is 499 g/mol. The largest absolute Gasteiger partial charge is 0.355 e. The maximum atomic E-state index is 9.66. The molecule has 2 saturated heterocycles. The summed E-state index contributed by atoms with van der Waals surface area (Å²) in [5.41, 5.74) is 5.51. The number of halogens is 2. The first-order valence-corrected chi connectivity index (χ1v) is 12.4. The summed E-state index contributed by atoms with van der Waals surface area (Å²) in [6, 6.07) is 8.60. The first-order valence-electron chi connectivity index (χ1n) is 11.8. The fraction of sp³-hybridized carbons (Fsp3) is 0.360. The van der Waals surface area contributed by atoms with Gasteiger partial charge in [-0.2, -0.15) is 19.3 Å². The predicted molar refractivity (Wildman–Crippen MR) is 140 cm³/mol. The second-order valence-corrected chi connectivity index (χ2v) is 9.77. The van der Waals surface area contributed by atoms with E-state index >= 15 is 0 Å². The molecule has 2 aliphatic heterocycles. The van der Waals surface area contributed by atoms with Gasteiger partial charge in [0.15, 0.2) is 0 Å². The van der Waals surface area contributed by atoms with Crippen LogP contribution in [0.1, 0.15) is 31.2 Å². The fourth-order valence-corrected chi connectivity index (χ4v) is 5.43. The van der Waals surface area contributed by atoms with Gasteiger partial charge in [0.1, 0.15) is 11.9 Å². The lowest BCUT2D eigenvalue weighted by Crippen LogP contribution is -2.54. The lowest BCUT2D eigenvalue weighted by molar-refractivity contribution is 0.307. The van der Waals surface area contributed by atoms with Gasteiger partial charge in [-0.3, -0.25) is 4.68 Å². The van der Waals surface area contributed by atoms with Gasteiger partial charge in [-0.25, -0.2) is 9.50 Å². The lowest BCUT2D eigenvalue weighted by atomic mass is 9.87. The normalized spacial score (nSPS) is 19.3. The number of nitriles is 1. The van der Waals surface area contributed by atoms with E-state index in [-0.39, 0.29) is 5.54 Å². The molecular formula is C25H26Cl2N8O. The first-order chi connectivity index (χ1) is 17.6. The zero-order chi connectivity index (χ0) is 25.1. The van der Waals surface area contributed by atoms with Gasteiger partial charge < -0.3 is 10.2 Å². The van der Waals surface area contributed by atoms with E-state index in [1.54, 1.807) is 15.4 Å². The third kappa shape index (κ3) is 4.77. The predicted octanol–water partition coefficient (Wildman–Crippen LogP) is 4.70. The summed E-state index contributed by atoms with van der Waals surface area (Å²) in [6.45, 7) is 3.18. The van der Waals surface area contributed by atoms with E-state index in [1.165, 1.54) is 25.7 Å². The Morgan fingerprint density at radius 3 is 2.56 bits per heavy atom. The fourth-order valence-electron chi connectivity index (χ4n) is 5.43. The molecule has 1 N–H and O–H groups in total. The van der Waals surface area contributed by atoms with Crippen molar-refractivity contribution < 1.29 is 3.84 Å². The van der Waals surface area contributed by atoms with Crippen molar-refractivity contribution in [1.29, 1.82) is 5.26 Å². The number of hydrogen-bond acceptors (Lipinski definition) is 7. The van der Waals surface area contributed by atoms with Crippen molar-refractivity contribution in [2.75, 3.05) is 24.5 Å². The summed E-state index contributed by atoms with van der Waals surface area (Å²) in [5, 5.41) is 22.1. The molecule has 0 saturated carbocycles. The number of fused-ring (bicyclic) bond motifs is 1. The second-order valence-electron chi connectivity index (χ2n) is 9.31. The zero-order valence-electron chi connectivity index (χ0n) is 19.9. The average molecular weight is 525 g/mol. The Kier molecular flexibility index (Phi) is 7.12. The van der Waals surface area contributed by atoms with Crippen LogP contribution in [0, 0.1) is 11.3 Å². The Hall–Kier alpha value is -3.16. The Morgan fingerprint density at radius 2 is 1.89 bits per heavy atom. The monoisotopic (exact) mass is 524 g/mol. The van der Waals surface area contributed by atoms with Crippen LogP contribution in [0.25, 0.3) is 27.8 Å². The highest BCUT2D eigenvalue weighted by molar-refractivity contribution is 6.24. The van der Waals surface area contributed by atoms with E-state index in [0.717, 1.165) is 53.2 Å². The number of aryl methyl sites for hydroxylation is 1. The number of rotatable bonds is 3. The number of anilines is 1. The summed E-state index contributed by atoms with van der Waals surface area (Å²) < 4.78 is 6.76. The molecule has 1 atom stereocenters. The van der Waals surface area contributed by atoms with Crippen molar-refractivity contribution in [2.24, 2.45) is 7.05 Å². The van der Waals surface area contributed by atoms with Gasteiger partial charge in [-0.05, 0) is 50.4 Å². The molecule has 4 aromatic rings. The van der Waals surface area contributed by atoms with Crippen LogP contribution in [-0.2, 0) is 10.9 Å². The van der Waals surface area contributed by atoms with Crippen molar-refractivity contribution in [1.82, 2.24) is 29.7 Å². The number of aromatic nitrogens is 5. The lowest BCUT2D eigenvalue weighted by Gasteiger charge is -2.41. The molecule has 9 nitrogen and oxygen atoms in total. The van der Waals surface area contributed by atoms with Crippen molar-refractivity contribution in [3.63, 3.8) is 0 Å². The molecule has 0 aliphatic carbocycles. The first kappa shape index (κ1) is 24.5. The van der Waals surface area contributed by atoms with Crippen molar-refractivity contribution in [2.45, 2.75) is 31.2 Å². The quantitative estimate of drug-likeness (QED) is 0.414. The van der Waals surface area contributed by atoms with Crippen LogP contribution in [0.4, 0.5) is 5.82 Å². The molecule has 0 amide bonds. The molecule has 2 fully saturated rings. The topological polar surface area (TPSA) is 96.3 Å². The van der Waals surface area contributed by atoms with Crippen LogP contribution < -0.4 is 10.2 Å². The highest BCUT2D eigenvalue weighted by atomic mass is 35.6. The summed E-state index contributed by atoms with van der Waals surface area (Å²) in [5.74, 6) is 1.01. The van der Waals surface area contributed by atoms with Crippen molar-refractivity contribution >= 4 is 35.1 Å². The van der Waals surface area contributed by atoms with Gasteiger partial charge in [0, 0.05) is 66.5 Å². The maximum absolute atomic E-state index is 9.66. The maximum Gasteiger partial charge on any atom is 0.128 e. The summed E-state index contributed by atoms with van der Waals surface area (Å²) >= 11 is 8.53. The minimum Gasteiger partial charge on any atom is -0.355 e. The van der Waals surface area contributed by atoms with E-state index in [0.29, 0.717) is 5.56 Å². The molecule has 1 unspecified atom stereocenters. The molecule has 186 valence electrons. The Labute approximate surface area is 219 Å². The van der Waals surface area contributed by atoms with Crippen molar-refractivity contribution in [3.8, 4) is 28.3 Å². The Bertz CT molecular complexity index is 1390. The third-order valence-corrected chi connectivity index (χ3v) is 7.06. The van der Waals surface area contributed by atoms with Gasteiger partial charge in [0.05, 0.1) is 47.2 Å². The highest BCUT2D eigenvalue weighted by Gasteiger charge is 2.37. The van der Waals surface area contributed by atoms with Crippen LogP contribution >= 0.6 is 23.7 Å². The molecule has 0 radical (unpaired) electrons. The third-order valence-electron chi connectivity index (χ3n) is 7.06. The van der Waals surface area contributed by atoms with Crippen LogP contribution in [0.5, 0.6) is 0 Å². The van der Waals surface area contributed by atoms with Crippen molar-refractivity contribution in [3.05, 3.63) is 54.7 Å². The van der Waals surface area contributed by atoms with Crippen LogP contribution in [0.2, 0.25) is 0 Å². The van der Waals surface area contributed by atoms with Gasteiger partial charge in [0.25, 0.3) is 0 Å². The molecule has 0 aromatic carbocycles. The summed E-state index contributed by atoms with van der Waals surface area (Å²) in [7, 11) is 1.90. The van der Waals surface area contributed by atoms with Crippen LogP contribution in [0.15, 0.2) is 49.2 Å². The molecule has 2 aliphatic rings. The number of hydrogen-bond donors (Lipinski definition) is 1. The highest BCUT2D eigenvalue weighted by Crippen LogP contribution is 2.34. The molecule has 0 bridgehead atoms. The summed E-state index contributed by atoms with van der Waals surface area (Å²) in [6.07, 6.45) is 14.2. The van der Waals surface area contributed by atoms with Gasteiger partial charge >= 0.3 is 0 Å². The molecule has 6 heterocycles. The summed E-state index contributed by atoms with van der Waals surface area (Å²) in [4.78, 5) is 7.27. The smallest absolute Gasteiger partial charge is 0.128 e. The Morgan fingerprint density at radius 1 is 1.06 bits per heavy atom. The van der Waals surface area contributed by atoms with Gasteiger partial charge in [0.2, 0.25) is 0 Å². The minimum absolute atomic E-state index is 0.252. The van der Waals surface area contributed by atoms with E-state index in [9.17, 15) is 5.26 Å². The van der Waals surface area contributed by atoms with Gasteiger partial charge in [-0.1, -0.05) is 0 Å². The molecule has 6 rings (SSSR count). The van der Waals surface area contributed by atoms with Crippen LogP contribution in [-0.4, -0.2) is 49.6 Å². The minimum atomic E-state index is 0.252. The van der Waals surface area contributed by atoms with E-state index in [1.807, 2.05) is 31.8 Å². The molecule has 36 heavy (non-hydrogen) atoms. The molecule has 1 spiro atoms. The second kappa shape index (κ2) is 10.4.